The number of hydrazine groups is 1. The standard InChI is InChI=1S/C12H18N4O2/c1-8-4-10(5-11(15-8)16-13)12(17)14-6-9-2-3-18-7-9/h4-5,9H,2-3,6-7,13H2,1H3,(H,14,17)(H,15,16). The highest BCUT2D eigenvalue weighted by Gasteiger charge is 2.17. The van der Waals surface area contributed by atoms with E-state index in [1.165, 1.54) is 0 Å². The van der Waals surface area contributed by atoms with Gasteiger partial charge < -0.3 is 15.5 Å². The molecule has 1 aromatic heterocycles. The van der Waals surface area contributed by atoms with Crippen molar-refractivity contribution in [2.24, 2.45) is 11.8 Å². The molecule has 0 bridgehead atoms. The van der Waals surface area contributed by atoms with Crippen molar-refractivity contribution in [2.75, 3.05) is 25.2 Å². The SMILES string of the molecule is Cc1cc(C(=O)NCC2CCOC2)cc(NN)n1. The summed E-state index contributed by atoms with van der Waals surface area (Å²) in [5.41, 5.74) is 3.76. The van der Waals surface area contributed by atoms with E-state index in [1.807, 2.05) is 6.92 Å². The van der Waals surface area contributed by atoms with E-state index >= 15 is 0 Å². The van der Waals surface area contributed by atoms with Crippen LogP contribution in [0, 0.1) is 12.8 Å². The van der Waals surface area contributed by atoms with Crippen molar-refractivity contribution in [3.8, 4) is 0 Å². The lowest BCUT2D eigenvalue weighted by Gasteiger charge is -2.10. The van der Waals surface area contributed by atoms with E-state index in [2.05, 4.69) is 15.7 Å². The molecule has 0 aromatic carbocycles. The van der Waals surface area contributed by atoms with E-state index in [0.717, 1.165) is 25.3 Å². The molecule has 1 unspecified atom stereocenters. The Morgan fingerprint density at radius 3 is 3.11 bits per heavy atom. The molecule has 0 saturated carbocycles. The Morgan fingerprint density at radius 1 is 1.61 bits per heavy atom. The highest BCUT2D eigenvalue weighted by molar-refractivity contribution is 5.94. The minimum absolute atomic E-state index is 0.107. The summed E-state index contributed by atoms with van der Waals surface area (Å²) in [6, 6.07) is 3.37. The predicted molar refractivity (Wildman–Crippen MR) is 68.0 cm³/mol. The largest absolute Gasteiger partial charge is 0.381 e. The van der Waals surface area contributed by atoms with Crippen LogP contribution in [0.15, 0.2) is 12.1 Å². The number of carbonyl (C=O) groups is 1. The number of nitrogens with two attached hydrogens (primary N) is 1. The van der Waals surface area contributed by atoms with Crippen molar-refractivity contribution >= 4 is 11.7 Å². The summed E-state index contributed by atoms with van der Waals surface area (Å²) in [6.45, 7) is 3.98. The fourth-order valence-electron chi connectivity index (χ4n) is 1.96. The first kappa shape index (κ1) is 12.8. The van der Waals surface area contributed by atoms with Crippen LogP contribution in [0.3, 0.4) is 0 Å². The van der Waals surface area contributed by atoms with Gasteiger partial charge in [-0.2, -0.15) is 0 Å². The molecule has 0 spiro atoms. The molecule has 1 saturated heterocycles. The number of aryl methyl sites for hydroxylation is 1. The zero-order chi connectivity index (χ0) is 13.0. The first-order chi connectivity index (χ1) is 8.69. The van der Waals surface area contributed by atoms with Crippen LogP contribution in [0.25, 0.3) is 0 Å². The van der Waals surface area contributed by atoms with Gasteiger partial charge in [0.1, 0.15) is 5.82 Å². The molecule has 6 nitrogen and oxygen atoms in total. The maximum absolute atomic E-state index is 12.0. The average Bonchev–Trinajstić information content (AvgIpc) is 2.88. The quantitative estimate of drug-likeness (QED) is 0.533. The number of rotatable bonds is 4. The number of pyridine rings is 1. The number of amides is 1. The van der Waals surface area contributed by atoms with Gasteiger partial charge in [-0.3, -0.25) is 4.79 Å². The minimum Gasteiger partial charge on any atom is -0.381 e. The van der Waals surface area contributed by atoms with Crippen LogP contribution in [0.1, 0.15) is 22.5 Å². The van der Waals surface area contributed by atoms with Gasteiger partial charge >= 0.3 is 0 Å². The summed E-state index contributed by atoms with van der Waals surface area (Å²) < 4.78 is 5.26. The van der Waals surface area contributed by atoms with Gasteiger partial charge in [0.15, 0.2) is 0 Å². The van der Waals surface area contributed by atoms with Gasteiger partial charge in [0.25, 0.3) is 5.91 Å². The van der Waals surface area contributed by atoms with E-state index in [-0.39, 0.29) is 5.91 Å². The zero-order valence-corrected chi connectivity index (χ0v) is 10.4. The Bertz CT molecular complexity index is 430. The molecule has 4 N–H and O–H groups in total. The van der Waals surface area contributed by atoms with Crippen molar-refractivity contribution in [2.45, 2.75) is 13.3 Å². The second kappa shape index (κ2) is 5.79. The monoisotopic (exact) mass is 250 g/mol. The van der Waals surface area contributed by atoms with Crippen LogP contribution in [0.5, 0.6) is 0 Å². The van der Waals surface area contributed by atoms with Crippen molar-refractivity contribution in [3.63, 3.8) is 0 Å². The van der Waals surface area contributed by atoms with Gasteiger partial charge in [-0.15, -0.1) is 0 Å². The Balaban J connectivity index is 1.97. The minimum atomic E-state index is -0.107. The van der Waals surface area contributed by atoms with Crippen molar-refractivity contribution in [3.05, 3.63) is 23.4 Å². The third-order valence-electron chi connectivity index (χ3n) is 2.94. The van der Waals surface area contributed by atoms with Crippen LogP contribution >= 0.6 is 0 Å². The van der Waals surface area contributed by atoms with Gasteiger partial charge in [-0.05, 0) is 25.5 Å². The molecule has 1 aromatic rings. The molecule has 1 atom stereocenters. The average molecular weight is 250 g/mol. The van der Waals surface area contributed by atoms with Gasteiger partial charge in [0, 0.05) is 30.3 Å². The summed E-state index contributed by atoms with van der Waals surface area (Å²) in [7, 11) is 0. The maximum Gasteiger partial charge on any atom is 0.251 e. The zero-order valence-electron chi connectivity index (χ0n) is 10.4. The van der Waals surface area contributed by atoms with Crippen LogP contribution in [-0.2, 0) is 4.74 Å². The molecule has 18 heavy (non-hydrogen) atoms. The van der Waals surface area contributed by atoms with Crippen LogP contribution in [0.4, 0.5) is 5.82 Å². The molecule has 2 rings (SSSR count). The Hall–Kier alpha value is -1.66. The molecule has 98 valence electrons. The topological polar surface area (TPSA) is 89.3 Å². The highest BCUT2D eigenvalue weighted by Crippen LogP contribution is 2.12. The molecule has 0 radical (unpaired) electrons. The third-order valence-corrected chi connectivity index (χ3v) is 2.94. The summed E-state index contributed by atoms with van der Waals surface area (Å²) in [5.74, 6) is 6.10. The van der Waals surface area contributed by atoms with E-state index in [1.54, 1.807) is 12.1 Å². The van der Waals surface area contributed by atoms with Crippen LogP contribution in [-0.4, -0.2) is 30.6 Å². The number of hydrogen-bond acceptors (Lipinski definition) is 5. The summed E-state index contributed by atoms with van der Waals surface area (Å²) in [4.78, 5) is 16.1. The normalized spacial score (nSPS) is 18.7. The fraction of sp³-hybridized carbons (Fsp3) is 0.500. The van der Waals surface area contributed by atoms with E-state index < -0.39 is 0 Å². The number of ether oxygens (including phenoxy) is 1. The molecular formula is C12H18N4O2. The van der Waals surface area contributed by atoms with Crippen molar-refractivity contribution < 1.29 is 9.53 Å². The number of carbonyl (C=O) groups excluding carboxylic acids is 1. The molecule has 2 heterocycles. The second-order valence-electron chi connectivity index (χ2n) is 4.47. The Morgan fingerprint density at radius 2 is 2.44 bits per heavy atom. The molecule has 1 amide bonds. The lowest BCUT2D eigenvalue weighted by molar-refractivity contribution is 0.0945. The molecule has 0 aliphatic carbocycles. The summed E-state index contributed by atoms with van der Waals surface area (Å²) in [5, 5.41) is 2.90. The van der Waals surface area contributed by atoms with Gasteiger partial charge in [0.2, 0.25) is 0 Å². The number of hydrogen-bond donors (Lipinski definition) is 3. The molecular weight excluding hydrogens is 232 g/mol. The highest BCUT2D eigenvalue weighted by atomic mass is 16.5. The van der Waals surface area contributed by atoms with E-state index in [0.29, 0.717) is 23.8 Å². The van der Waals surface area contributed by atoms with Crippen LogP contribution < -0.4 is 16.6 Å². The second-order valence-corrected chi connectivity index (χ2v) is 4.47. The van der Waals surface area contributed by atoms with Crippen LogP contribution in [0.2, 0.25) is 0 Å². The maximum atomic E-state index is 12.0. The number of nitrogens with one attached hydrogen (secondary N) is 2. The Labute approximate surface area is 106 Å². The first-order valence-corrected chi connectivity index (χ1v) is 6.00. The molecule has 6 heteroatoms. The lowest BCUT2D eigenvalue weighted by Crippen LogP contribution is -2.29. The fourth-order valence-corrected chi connectivity index (χ4v) is 1.96. The van der Waals surface area contributed by atoms with Crippen molar-refractivity contribution in [1.29, 1.82) is 0 Å². The number of nitrogen functional groups attached to an aromatic ring is 1. The molecule has 1 aliphatic heterocycles. The van der Waals surface area contributed by atoms with Gasteiger partial charge in [-0.1, -0.05) is 0 Å². The summed E-state index contributed by atoms with van der Waals surface area (Å²) >= 11 is 0. The van der Waals surface area contributed by atoms with E-state index in [9.17, 15) is 4.79 Å². The third kappa shape index (κ3) is 3.18. The smallest absolute Gasteiger partial charge is 0.251 e. The van der Waals surface area contributed by atoms with Crippen molar-refractivity contribution in [1.82, 2.24) is 10.3 Å². The van der Waals surface area contributed by atoms with E-state index in [4.69, 9.17) is 10.6 Å². The number of aromatic nitrogens is 1. The predicted octanol–water partition coefficient (Wildman–Crippen LogP) is 0.442. The number of nitrogens with zero attached hydrogens (tertiary/aromatic N) is 1. The molecule has 1 aliphatic rings. The van der Waals surface area contributed by atoms with Gasteiger partial charge in [0.05, 0.1) is 6.61 Å². The molecule has 1 fully saturated rings. The Kier molecular flexibility index (Phi) is 4.11. The lowest BCUT2D eigenvalue weighted by atomic mass is 10.1. The number of anilines is 1. The summed E-state index contributed by atoms with van der Waals surface area (Å²) in [6.07, 6.45) is 1.01. The first-order valence-electron chi connectivity index (χ1n) is 6.00. The van der Waals surface area contributed by atoms with Gasteiger partial charge in [-0.25, -0.2) is 10.8 Å².